The molecule has 2 fully saturated rings. The van der Waals surface area contributed by atoms with E-state index >= 15 is 0 Å². The van der Waals surface area contributed by atoms with Crippen molar-refractivity contribution in [2.45, 2.75) is 31.0 Å². The second-order valence-electron chi connectivity index (χ2n) is 7.72. The second kappa shape index (κ2) is 8.16. The molecule has 2 aliphatic rings. The van der Waals surface area contributed by atoms with Gasteiger partial charge in [0.1, 0.15) is 17.4 Å². The number of amides is 1. The first-order valence-corrected chi connectivity index (χ1v) is 11.0. The van der Waals surface area contributed by atoms with Gasteiger partial charge in [0.25, 0.3) is 0 Å². The van der Waals surface area contributed by atoms with Crippen LogP contribution in [0.1, 0.15) is 23.6 Å². The van der Waals surface area contributed by atoms with Crippen molar-refractivity contribution >= 4 is 17.4 Å². The quantitative estimate of drug-likeness (QED) is 0.675. The lowest BCUT2D eigenvalue weighted by Gasteiger charge is -2.22. The number of benzene rings is 2. The largest absolute Gasteiger partial charge is 0.445 e. The molecule has 3 heterocycles. The molecule has 154 valence electrons. The van der Waals surface area contributed by atoms with E-state index in [1.54, 1.807) is 23.5 Å². The third-order valence-corrected chi connectivity index (χ3v) is 6.80. The SMILES string of the molecule is O=C(OCc1ccccc1)N1C[C@H](c2csc(-c3ccc(F)cc3)n2)[C@H]2NCC[C@H]21. The van der Waals surface area contributed by atoms with Crippen molar-refractivity contribution in [1.82, 2.24) is 15.2 Å². The van der Waals surface area contributed by atoms with E-state index in [4.69, 9.17) is 9.72 Å². The fourth-order valence-corrected chi connectivity index (χ4v) is 5.30. The minimum atomic E-state index is -0.269. The van der Waals surface area contributed by atoms with Gasteiger partial charge in [0.15, 0.2) is 0 Å². The van der Waals surface area contributed by atoms with Crippen molar-refractivity contribution in [2.24, 2.45) is 0 Å². The smallest absolute Gasteiger partial charge is 0.410 e. The van der Waals surface area contributed by atoms with Crippen LogP contribution in [0.4, 0.5) is 9.18 Å². The van der Waals surface area contributed by atoms with Crippen molar-refractivity contribution in [3.63, 3.8) is 0 Å². The number of nitrogens with zero attached hydrogens (tertiary/aromatic N) is 2. The molecular weight excluding hydrogens is 401 g/mol. The summed E-state index contributed by atoms with van der Waals surface area (Å²) >= 11 is 1.55. The maximum absolute atomic E-state index is 13.2. The summed E-state index contributed by atoms with van der Waals surface area (Å²) in [5.74, 6) is -0.138. The number of ether oxygens (including phenoxy) is 1. The highest BCUT2D eigenvalue weighted by Gasteiger charge is 2.48. The molecule has 0 unspecified atom stereocenters. The average molecular weight is 424 g/mol. The molecule has 1 amide bonds. The first-order valence-electron chi connectivity index (χ1n) is 10.1. The molecular formula is C23H22FN3O2S. The van der Waals surface area contributed by atoms with E-state index in [0.717, 1.165) is 34.8 Å². The third kappa shape index (κ3) is 3.70. The Hall–Kier alpha value is -2.77. The van der Waals surface area contributed by atoms with Gasteiger partial charge in [0.2, 0.25) is 0 Å². The molecule has 7 heteroatoms. The summed E-state index contributed by atoms with van der Waals surface area (Å²) in [6.07, 6.45) is 0.644. The number of fused-ring (bicyclic) bond motifs is 1. The first-order chi connectivity index (χ1) is 14.7. The number of rotatable bonds is 4. The Morgan fingerprint density at radius 3 is 2.80 bits per heavy atom. The summed E-state index contributed by atoms with van der Waals surface area (Å²) in [5, 5.41) is 6.47. The van der Waals surface area contributed by atoms with E-state index < -0.39 is 0 Å². The van der Waals surface area contributed by atoms with Crippen LogP contribution in [0.2, 0.25) is 0 Å². The van der Waals surface area contributed by atoms with E-state index in [1.165, 1.54) is 12.1 Å². The molecule has 0 saturated carbocycles. The van der Waals surface area contributed by atoms with E-state index in [1.807, 2.05) is 35.2 Å². The van der Waals surface area contributed by atoms with Crippen LogP contribution in [0.5, 0.6) is 0 Å². The maximum Gasteiger partial charge on any atom is 0.410 e. The molecule has 0 radical (unpaired) electrons. The van der Waals surface area contributed by atoms with Crippen LogP contribution >= 0.6 is 11.3 Å². The number of halogens is 1. The lowest BCUT2D eigenvalue weighted by Crippen LogP contribution is -2.39. The molecule has 2 saturated heterocycles. The number of carbonyl (C=O) groups excluding carboxylic acids is 1. The number of hydrogen-bond acceptors (Lipinski definition) is 5. The van der Waals surface area contributed by atoms with E-state index in [0.29, 0.717) is 6.54 Å². The fourth-order valence-electron chi connectivity index (χ4n) is 4.41. The van der Waals surface area contributed by atoms with Crippen molar-refractivity contribution in [3.05, 3.63) is 77.1 Å². The van der Waals surface area contributed by atoms with Gasteiger partial charge in [-0.3, -0.25) is 0 Å². The predicted molar refractivity (Wildman–Crippen MR) is 114 cm³/mol. The molecule has 2 aromatic carbocycles. The van der Waals surface area contributed by atoms with Gasteiger partial charge in [0, 0.05) is 29.4 Å². The van der Waals surface area contributed by atoms with E-state index in [-0.39, 0.29) is 36.5 Å². The minimum Gasteiger partial charge on any atom is -0.445 e. The molecule has 0 bridgehead atoms. The summed E-state index contributed by atoms with van der Waals surface area (Å²) in [6, 6.07) is 16.4. The Morgan fingerprint density at radius 1 is 1.20 bits per heavy atom. The Labute approximate surface area is 178 Å². The highest BCUT2D eigenvalue weighted by atomic mass is 32.1. The van der Waals surface area contributed by atoms with Crippen LogP contribution in [0.25, 0.3) is 10.6 Å². The molecule has 30 heavy (non-hydrogen) atoms. The zero-order valence-corrected chi connectivity index (χ0v) is 17.1. The van der Waals surface area contributed by atoms with Crippen molar-refractivity contribution in [3.8, 4) is 10.6 Å². The molecule has 5 rings (SSSR count). The molecule has 1 N–H and O–H groups in total. The Balaban J connectivity index is 1.31. The highest BCUT2D eigenvalue weighted by Crippen LogP contribution is 2.38. The van der Waals surface area contributed by atoms with Crippen LogP contribution in [-0.2, 0) is 11.3 Å². The van der Waals surface area contributed by atoms with Gasteiger partial charge in [-0.05, 0) is 42.8 Å². The van der Waals surface area contributed by atoms with Gasteiger partial charge in [-0.25, -0.2) is 14.2 Å². The van der Waals surface area contributed by atoms with Gasteiger partial charge in [-0.15, -0.1) is 11.3 Å². The number of likely N-dealkylation sites (tertiary alicyclic amines) is 1. The van der Waals surface area contributed by atoms with Gasteiger partial charge in [-0.2, -0.15) is 0 Å². The van der Waals surface area contributed by atoms with Gasteiger partial charge in [-0.1, -0.05) is 30.3 Å². The first kappa shape index (κ1) is 19.2. The molecule has 3 atom stereocenters. The van der Waals surface area contributed by atoms with Crippen LogP contribution in [-0.4, -0.2) is 41.2 Å². The van der Waals surface area contributed by atoms with Gasteiger partial charge in [0.05, 0.1) is 11.7 Å². The normalized spacial score (nSPS) is 22.8. The minimum absolute atomic E-state index is 0.118. The predicted octanol–water partition coefficient (Wildman–Crippen LogP) is 4.42. The zero-order chi connectivity index (χ0) is 20.5. The summed E-state index contributed by atoms with van der Waals surface area (Å²) in [7, 11) is 0. The number of aromatic nitrogens is 1. The average Bonchev–Trinajstić information content (AvgIpc) is 3.50. The lowest BCUT2D eigenvalue weighted by molar-refractivity contribution is 0.0919. The molecule has 0 aliphatic carbocycles. The molecule has 0 spiro atoms. The molecule has 5 nitrogen and oxygen atoms in total. The zero-order valence-electron chi connectivity index (χ0n) is 16.3. The van der Waals surface area contributed by atoms with Crippen molar-refractivity contribution < 1.29 is 13.9 Å². The van der Waals surface area contributed by atoms with Crippen LogP contribution in [0.3, 0.4) is 0 Å². The van der Waals surface area contributed by atoms with E-state index in [9.17, 15) is 9.18 Å². The van der Waals surface area contributed by atoms with Crippen LogP contribution in [0.15, 0.2) is 60.0 Å². The van der Waals surface area contributed by atoms with Crippen molar-refractivity contribution in [1.29, 1.82) is 0 Å². The number of thiazole rings is 1. The monoisotopic (exact) mass is 423 g/mol. The van der Waals surface area contributed by atoms with Gasteiger partial charge < -0.3 is 15.0 Å². The van der Waals surface area contributed by atoms with E-state index in [2.05, 4.69) is 10.7 Å². The van der Waals surface area contributed by atoms with Crippen molar-refractivity contribution in [2.75, 3.05) is 13.1 Å². The molecule has 1 aromatic heterocycles. The Bertz CT molecular complexity index is 1020. The Morgan fingerprint density at radius 2 is 2.00 bits per heavy atom. The second-order valence-corrected chi connectivity index (χ2v) is 8.58. The number of nitrogens with one attached hydrogen (secondary N) is 1. The summed E-state index contributed by atoms with van der Waals surface area (Å²) < 4.78 is 18.8. The highest BCUT2D eigenvalue weighted by molar-refractivity contribution is 7.13. The summed E-state index contributed by atoms with van der Waals surface area (Å²) in [6.45, 7) is 1.74. The number of hydrogen-bond donors (Lipinski definition) is 1. The van der Waals surface area contributed by atoms with Gasteiger partial charge >= 0.3 is 6.09 Å². The topological polar surface area (TPSA) is 54.5 Å². The Kier molecular flexibility index (Phi) is 5.23. The standard InChI is InChI=1S/C23H22FN3O2S/c24-17-8-6-16(7-9-17)22-26-19(14-30-22)18-12-27(20-10-11-25-21(18)20)23(28)29-13-15-4-2-1-3-5-15/h1-9,14,18,20-21,25H,10-13H2/t18-,20-,21-/m1/s1. The lowest BCUT2D eigenvalue weighted by atomic mass is 9.98. The van der Waals surface area contributed by atoms with Crippen LogP contribution in [0, 0.1) is 5.82 Å². The molecule has 3 aromatic rings. The maximum atomic E-state index is 13.2. The fraction of sp³-hybridized carbons (Fsp3) is 0.304. The number of carbonyl (C=O) groups is 1. The molecule has 2 aliphatic heterocycles. The summed E-state index contributed by atoms with van der Waals surface area (Å²) in [4.78, 5) is 19.5. The van der Waals surface area contributed by atoms with Crippen LogP contribution < -0.4 is 5.32 Å². The third-order valence-electron chi connectivity index (χ3n) is 5.89. The summed E-state index contributed by atoms with van der Waals surface area (Å²) in [5.41, 5.74) is 2.86.